The van der Waals surface area contributed by atoms with Gasteiger partial charge in [0.05, 0.1) is 0 Å². The van der Waals surface area contributed by atoms with Crippen LogP contribution < -0.4 is 5.32 Å². The number of hydrogen-bond acceptors (Lipinski definition) is 3. The van der Waals surface area contributed by atoms with Crippen molar-refractivity contribution in [2.75, 3.05) is 13.1 Å². The predicted octanol–water partition coefficient (Wildman–Crippen LogP) is 2.59. The SMILES string of the molecule is Cc1cc(C2CCC2)nc(CC2CCCNC2)n1. The zero-order valence-corrected chi connectivity index (χ0v) is 11.3. The lowest BCUT2D eigenvalue weighted by Gasteiger charge is -2.26. The van der Waals surface area contributed by atoms with Crippen LogP contribution in [0.2, 0.25) is 0 Å². The van der Waals surface area contributed by atoms with E-state index < -0.39 is 0 Å². The average Bonchev–Trinajstić information content (AvgIpc) is 2.27. The van der Waals surface area contributed by atoms with Gasteiger partial charge in [-0.05, 0) is 57.7 Å². The summed E-state index contributed by atoms with van der Waals surface area (Å²) in [4.78, 5) is 9.44. The minimum Gasteiger partial charge on any atom is -0.316 e. The number of rotatable bonds is 3. The standard InChI is InChI=1S/C15H23N3/c1-11-8-14(13-5-2-6-13)18-15(17-11)9-12-4-3-7-16-10-12/h8,12-13,16H,2-7,9-10H2,1H3. The van der Waals surface area contributed by atoms with Crippen LogP contribution in [0.15, 0.2) is 6.07 Å². The second-order valence-corrected chi connectivity index (χ2v) is 5.89. The fourth-order valence-corrected chi connectivity index (χ4v) is 3.02. The number of piperidine rings is 1. The van der Waals surface area contributed by atoms with E-state index in [-0.39, 0.29) is 0 Å². The molecule has 2 fully saturated rings. The van der Waals surface area contributed by atoms with Crippen LogP contribution in [0.4, 0.5) is 0 Å². The molecular formula is C15H23N3. The number of nitrogens with one attached hydrogen (secondary N) is 1. The molecule has 3 heteroatoms. The molecule has 0 spiro atoms. The van der Waals surface area contributed by atoms with Gasteiger partial charge < -0.3 is 5.32 Å². The van der Waals surface area contributed by atoms with E-state index in [1.807, 2.05) is 0 Å². The molecule has 1 aliphatic carbocycles. The summed E-state index contributed by atoms with van der Waals surface area (Å²) in [6.45, 7) is 4.42. The van der Waals surface area contributed by atoms with Gasteiger partial charge in [-0.15, -0.1) is 0 Å². The van der Waals surface area contributed by atoms with Crippen LogP contribution >= 0.6 is 0 Å². The molecule has 3 rings (SSSR count). The zero-order valence-electron chi connectivity index (χ0n) is 11.3. The first-order valence-electron chi connectivity index (χ1n) is 7.36. The number of aromatic nitrogens is 2. The van der Waals surface area contributed by atoms with Crippen molar-refractivity contribution in [1.82, 2.24) is 15.3 Å². The van der Waals surface area contributed by atoms with Gasteiger partial charge in [-0.1, -0.05) is 6.42 Å². The topological polar surface area (TPSA) is 37.8 Å². The van der Waals surface area contributed by atoms with Crippen molar-refractivity contribution in [1.29, 1.82) is 0 Å². The molecular weight excluding hydrogens is 222 g/mol. The molecule has 1 aromatic rings. The molecule has 1 saturated carbocycles. The van der Waals surface area contributed by atoms with E-state index in [0.29, 0.717) is 0 Å². The maximum absolute atomic E-state index is 4.81. The second kappa shape index (κ2) is 5.35. The Morgan fingerprint density at radius 1 is 1.22 bits per heavy atom. The molecule has 2 heterocycles. The fourth-order valence-electron chi connectivity index (χ4n) is 3.02. The van der Waals surface area contributed by atoms with E-state index in [2.05, 4.69) is 23.3 Å². The summed E-state index contributed by atoms with van der Waals surface area (Å²) >= 11 is 0. The van der Waals surface area contributed by atoms with Crippen LogP contribution in [0.25, 0.3) is 0 Å². The van der Waals surface area contributed by atoms with Crippen LogP contribution in [0.5, 0.6) is 0 Å². The monoisotopic (exact) mass is 245 g/mol. The van der Waals surface area contributed by atoms with Crippen molar-refractivity contribution in [3.8, 4) is 0 Å². The number of hydrogen-bond donors (Lipinski definition) is 1. The van der Waals surface area contributed by atoms with Gasteiger partial charge in [0.25, 0.3) is 0 Å². The normalized spacial score (nSPS) is 24.8. The minimum absolute atomic E-state index is 0.718. The maximum Gasteiger partial charge on any atom is 0.129 e. The highest BCUT2D eigenvalue weighted by Gasteiger charge is 2.22. The number of aryl methyl sites for hydroxylation is 1. The maximum atomic E-state index is 4.81. The van der Waals surface area contributed by atoms with Gasteiger partial charge in [0.15, 0.2) is 0 Å². The van der Waals surface area contributed by atoms with E-state index in [1.54, 1.807) is 0 Å². The summed E-state index contributed by atoms with van der Waals surface area (Å²) in [5.74, 6) is 2.52. The highest BCUT2D eigenvalue weighted by molar-refractivity contribution is 5.16. The summed E-state index contributed by atoms with van der Waals surface area (Å²) in [6.07, 6.45) is 7.68. The molecule has 0 aromatic carbocycles. The van der Waals surface area contributed by atoms with Gasteiger partial charge in [-0.25, -0.2) is 9.97 Å². The Bertz CT molecular complexity index is 406. The van der Waals surface area contributed by atoms with Crippen molar-refractivity contribution >= 4 is 0 Å². The summed E-state index contributed by atoms with van der Waals surface area (Å²) in [5, 5.41) is 3.47. The minimum atomic E-state index is 0.718. The third-order valence-electron chi connectivity index (χ3n) is 4.31. The molecule has 0 bridgehead atoms. The summed E-state index contributed by atoms with van der Waals surface area (Å²) in [7, 11) is 0. The van der Waals surface area contributed by atoms with Crippen LogP contribution in [-0.4, -0.2) is 23.1 Å². The molecule has 1 saturated heterocycles. The van der Waals surface area contributed by atoms with Gasteiger partial charge in [0, 0.05) is 23.7 Å². The van der Waals surface area contributed by atoms with E-state index in [1.165, 1.54) is 44.3 Å². The third kappa shape index (κ3) is 2.72. The Morgan fingerprint density at radius 3 is 2.78 bits per heavy atom. The molecule has 1 aliphatic heterocycles. The highest BCUT2D eigenvalue weighted by atomic mass is 14.9. The molecule has 2 aliphatic rings. The molecule has 1 aromatic heterocycles. The first kappa shape index (κ1) is 12.1. The van der Waals surface area contributed by atoms with Gasteiger partial charge in [0.1, 0.15) is 5.82 Å². The molecule has 3 nitrogen and oxygen atoms in total. The molecule has 98 valence electrons. The third-order valence-corrected chi connectivity index (χ3v) is 4.31. The van der Waals surface area contributed by atoms with Crippen molar-refractivity contribution in [3.63, 3.8) is 0 Å². The first-order chi connectivity index (χ1) is 8.81. The summed E-state index contributed by atoms with van der Waals surface area (Å²) in [5.41, 5.74) is 2.44. The van der Waals surface area contributed by atoms with E-state index in [4.69, 9.17) is 4.98 Å². The molecule has 1 unspecified atom stereocenters. The molecule has 18 heavy (non-hydrogen) atoms. The Balaban J connectivity index is 1.71. The van der Waals surface area contributed by atoms with Crippen molar-refractivity contribution in [3.05, 3.63) is 23.3 Å². The van der Waals surface area contributed by atoms with E-state index in [0.717, 1.165) is 36.3 Å². The molecule has 1 N–H and O–H groups in total. The largest absolute Gasteiger partial charge is 0.316 e. The Morgan fingerprint density at radius 2 is 2.11 bits per heavy atom. The van der Waals surface area contributed by atoms with Crippen LogP contribution in [0.3, 0.4) is 0 Å². The summed E-state index contributed by atoms with van der Waals surface area (Å²) in [6, 6.07) is 2.19. The first-order valence-corrected chi connectivity index (χ1v) is 7.36. The molecule has 1 atom stereocenters. The average molecular weight is 245 g/mol. The van der Waals surface area contributed by atoms with Crippen molar-refractivity contribution < 1.29 is 0 Å². The zero-order chi connectivity index (χ0) is 12.4. The van der Waals surface area contributed by atoms with Crippen molar-refractivity contribution in [2.24, 2.45) is 5.92 Å². The van der Waals surface area contributed by atoms with Gasteiger partial charge in [0.2, 0.25) is 0 Å². The van der Waals surface area contributed by atoms with Gasteiger partial charge in [-0.3, -0.25) is 0 Å². The van der Waals surface area contributed by atoms with Crippen LogP contribution in [-0.2, 0) is 6.42 Å². The Labute approximate surface area is 109 Å². The van der Waals surface area contributed by atoms with Gasteiger partial charge in [-0.2, -0.15) is 0 Å². The lowest BCUT2D eigenvalue weighted by Crippen LogP contribution is -2.31. The lowest BCUT2D eigenvalue weighted by molar-refractivity contribution is 0.367. The second-order valence-electron chi connectivity index (χ2n) is 5.89. The van der Waals surface area contributed by atoms with Crippen LogP contribution in [0.1, 0.15) is 55.2 Å². The van der Waals surface area contributed by atoms with E-state index >= 15 is 0 Å². The smallest absolute Gasteiger partial charge is 0.129 e. The number of nitrogens with zero attached hydrogens (tertiary/aromatic N) is 2. The van der Waals surface area contributed by atoms with Crippen molar-refractivity contribution in [2.45, 2.75) is 51.4 Å². The lowest BCUT2D eigenvalue weighted by atomic mass is 9.82. The Kier molecular flexibility index (Phi) is 3.59. The molecule has 0 radical (unpaired) electrons. The molecule has 0 amide bonds. The quantitative estimate of drug-likeness (QED) is 0.889. The fraction of sp³-hybridized carbons (Fsp3) is 0.733. The highest BCUT2D eigenvalue weighted by Crippen LogP contribution is 2.35. The Hall–Kier alpha value is -0.960. The van der Waals surface area contributed by atoms with E-state index in [9.17, 15) is 0 Å². The van der Waals surface area contributed by atoms with Gasteiger partial charge >= 0.3 is 0 Å². The summed E-state index contributed by atoms with van der Waals surface area (Å²) < 4.78 is 0. The van der Waals surface area contributed by atoms with Crippen LogP contribution in [0, 0.1) is 12.8 Å². The predicted molar refractivity (Wildman–Crippen MR) is 72.7 cm³/mol.